The van der Waals surface area contributed by atoms with E-state index in [9.17, 15) is 21.4 Å². The summed E-state index contributed by atoms with van der Waals surface area (Å²) in [6.45, 7) is 5.78. The highest BCUT2D eigenvalue weighted by Gasteiger charge is 2.25. The first-order chi connectivity index (χ1) is 19.9. The second kappa shape index (κ2) is 12.7. The zero-order valence-corrected chi connectivity index (χ0v) is 25.8. The summed E-state index contributed by atoms with van der Waals surface area (Å²) in [5, 5.41) is 1.45. The van der Waals surface area contributed by atoms with Gasteiger partial charge in [0.15, 0.2) is 0 Å². The zero-order chi connectivity index (χ0) is 30.7. The molecule has 1 aliphatic heterocycles. The van der Waals surface area contributed by atoms with E-state index >= 15 is 0 Å². The lowest BCUT2D eigenvalue weighted by molar-refractivity contribution is 0.463. The highest BCUT2D eigenvalue weighted by molar-refractivity contribution is 7.89. The molecule has 42 heavy (non-hydrogen) atoms. The minimum atomic E-state index is -5.10. The van der Waals surface area contributed by atoms with Gasteiger partial charge >= 0.3 is 0 Å². The Bertz CT molecular complexity index is 1910. The van der Waals surface area contributed by atoms with E-state index in [1.165, 1.54) is 12.1 Å². The number of benzene rings is 3. The Morgan fingerprint density at radius 2 is 1.67 bits per heavy atom. The number of fused-ring (bicyclic) bond motifs is 2. The van der Waals surface area contributed by atoms with Gasteiger partial charge in [-0.1, -0.05) is 6.07 Å². The van der Waals surface area contributed by atoms with Crippen LogP contribution in [0.1, 0.15) is 33.1 Å². The molecule has 0 atom stereocenters. The van der Waals surface area contributed by atoms with E-state index in [2.05, 4.69) is 15.5 Å². The van der Waals surface area contributed by atoms with Crippen LogP contribution < -0.4 is 19.6 Å². The lowest BCUT2D eigenvalue weighted by Gasteiger charge is -2.23. The molecule has 0 saturated carbocycles. The highest BCUT2D eigenvalue weighted by Crippen LogP contribution is 2.43. The van der Waals surface area contributed by atoms with Gasteiger partial charge in [-0.3, -0.25) is 0 Å². The van der Waals surface area contributed by atoms with Gasteiger partial charge in [-0.25, -0.2) is 26.1 Å². The number of terminal acetylenes is 1. The summed E-state index contributed by atoms with van der Waals surface area (Å²) in [5.41, 5.74) is 2.56. The van der Waals surface area contributed by atoms with E-state index < -0.39 is 25.0 Å². The van der Waals surface area contributed by atoms with Crippen molar-refractivity contribution in [2.24, 2.45) is 0 Å². The first-order valence-corrected chi connectivity index (χ1v) is 16.6. The van der Waals surface area contributed by atoms with Crippen LogP contribution in [0.2, 0.25) is 0 Å². The summed E-state index contributed by atoms with van der Waals surface area (Å²) in [6.07, 6.45) is 6.93. The van der Waals surface area contributed by atoms with Crippen LogP contribution in [-0.4, -0.2) is 55.1 Å². The monoisotopic (exact) mass is 609 g/mol. The van der Waals surface area contributed by atoms with Crippen molar-refractivity contribution in [3.63, 3.8) is 0 Å². The van der Waals surface area contributed by atoms with Gasteiger partial charge in [-0.05, 0) is 57.0 Å². The Kier molecular flexibility index (Phi) is 9.43. The number of hydrogen-bond acceptors (Lipinski definition) is 7. The molecule has 0 saturated heterocycles. The number of hydrogen-bond donors (Lipinski definition) is 1. The number of nitrogens with one attached hydrogen (secondary N) is 1. The van der Waals surface area contributed by atoms with Crippen LogP contribution in [0.5, 0.6) is 0 Å². The molecule has 2 aliphatic rings. The molecule has 0 amide bonds. The largest absolute Gasteiger partial charge is 0.744 e. The first kappa shape index (κ1) is 31.3. The van der Waals surface area contributed by atoms with E-state index in [0.29, 0.717) is 47.1 Å². The Balaban J connectivity index is 1.99. The number of unbranched alkanes of at least 4 members (excludes halogenated alkanes) is 2. The Labute approximate surface area is 247 Å². The normalized spacial score (nSPS) is 12.0. The fraction of sp³-hybridized carbons (Fsp3) is 0.323. The van der Waals surface area contributed by atoms with E-state index in [1.54, 1.807) is 0 Å². The fourth-order valence-corrected chi connectivity index (χ4v) is 6.83. The first-order valence-electron chi connectivity index (χ1n) is 13.7. The average Bonchev–Trinajstić information content (AvgIpc) is 2.95. The molecule has 1 heterocycles. The molecule has 11 heteroatoms. The van der Waals surface area contributed by atoms with Crippen molar-refractivity contribution in [1.29, 1.82) is 0 Å². The minimum absolute atomic E-state index is 0.0944. The molecule has 1 aliphatic carbocycles. The summed E-state index contributed by atoms with van der Waals surface area (Å²) in [6, 6.07) is 14.8. The lowest BCUT2D eigenvalue weighted by atomic mass is 9.93. The van der Waals surface area contributed by atoms with Crippen LogP contribution >= 0.6 is 0 Å². The van der Waals surface area contributed by atoms with Crippen molar-refractivity contribution in [3.05, 3.63) is 60.0 Å². The molecule has 0 bridgehead atoms. The average molecular weight is 610 g/mol. The van der Waals surface area contributed by atoms with E-state index in [-0.39, 0.29) is 17.0 Å². The van der Waals surface area contributed by atoms with Gasteiger partial charge in [0.25, 0.3) is 0 Å². The maximum absolute atomic E-state index is 13.0. The smallest absolute Gasteiger partial charge is 0.240 e. The van der Waals surface area contributed by atoms with Gasteiger partial charge in [-0.2, -0.15) is 0 Å². The number of nitrogens with zero attached hydrogens (tertiary/aromatic N) is 2. The van der Waals surface area contributed by atoms with Gasteiger partial charge < -0.3 is 13.9 Å². The maximum Gasteiger partial charge on any atom is 0.240 e. The standard InChI is InChI=1S/C31H35N3O6S2/c1-6-9-10-11-18-32-41(35,36)24-14-17-27(30(21-24)42(37,38)39)31-25-15-12-22(33(4)5)19-28(25)40-29-20-23(13-16-26(29)31)34(7-2)8-3/h1,12-17,19-21,32H,7-11,18H2,2-5H3. The molecule has 0 radical (unpaired) electrons. The maximum atomic E-state index is 13.0. The van der Waals surface area contributed by atoms with Crippen LogP contribution in [0.25, 0.3) is 33.4 Å². The Morgan fingerprint density at radius 1 is 0.952 bits per heavy atom. The Morgan fingerprint density at radius 3 is 2.31 bits per heavy atom. The van der Waals surface area contributed by atoms with Gasteiger partial charge in [-0.15, -0.1) is 12.3 Å². The van der Waals surface area contributed by atoms with E-state index in [4.69, 9.17) is 10.8 Å². The molecule has 0 spiro atoms. The van der Waals surface area contributed by atoms with Crippen molar-refractivity contribution in [2.75, 3.05) is 38.6 Å². The molecular formula is C31H35N3O6S2. The predicted octanol–water partition coefficient (Wildman–Crippen LogP) is 4.07. The second-order valence-electron chi connectivity index (χ2n) is 10.1. The van der Waals surface area contributed by atoms with Crippen molar-refractivity contribution >= 4 is 36.8 Å². The molecule has 4 rings (SSSR count). The van der Waals surface area contributed by atoms with E-state index in [0.717, 1.165) is 30.2 Å². The molecule has 9 nitrogen and oxygen atoms in total. The summed E-state index contributed by atoms with van der Waals surface area (Å²) >= 11 is 0. The van der Waals surface area contributed by atoms with Crippen LogP contribution in [0.3, 0.4) is 0 Å². The molecular weight excluding hydrogens is 574 g/mol. The van der Waals surface area contributed by atoms with E-state index in [1.807, 2.05) is 68.9 Å². The summed E-state index contributed by atoms with van der Waals surface area (Å²) < 4.78 is 74.7. The summed E-state index contributed by atoms with van der Waals surface area (Å²) in [7, 11) is -5.39. The van der Waals surface area contributed by atoms with Crippen LogP contribution in [0, 0.1) is 12.3 Å². The number of sulfonamides is 1. The van der Waals surface area contributed by atoms with Crippen LogP contribution in [0.4, 0.5) is 5.69 Å². The number of anilines is 1. The molecule has 1 N–H and O–H groups in total. The summed E-state index contributed by atoms with van der Waals surface area (Å²) in [5.74, 6) is 2.99. The molecule has 0 unspecified atom stereocenters. The molecule has 222 valence electrons. The highest BCUT2D eigenvalue weighted by atomic mass is 32.2. The lowest BCUT2D eigenvalue weighted by Crippen LogP contribution is -2.25. The molecule has 2 aromatic carbocycles. The zero-order valence-electron chi connectivity index (χ0n) is 24.2. The van der Waals surface area contributed by atoms with Crippen LogP contribution in [0.15, 0.2) is 68.8 Å². The molecule has 2 aromatic rings. The Hall–Kier alpha value is -3.69. The molecule has 0 fully saturated rings. The topological polar surface area (TPSA) is 123 Å². The van der Waals surface area contributed by atoms with Crippen molar-refractivity contribution < 1.29 is 25.8 Å². The van der Waals surface area contributed by atoms with Crippen molar-refractivity contribution in [1.82, 2.24) is 9.30 Å². The number of rotatable bonds is 11. The van der Waals surface area contributed by atoms with Gasteiger partial charge in [0.1, 0.15) is 35.6 Å². The predicted molar refractivity (Wildman–Crippen MR) is 165 cm³/mol. The van der Waals surface area contributed by atoms with Gasteiger partial charge in [0.2, 0.25) is 15.4 Å². The quantitative estimate of drug-likeness (QED) is 0.0894. The van der Waals surface area contributed by atoms with Gasteiger partial charge in [0.05, 0.1) is 15.9 Å². The van der Waals surface area contributed by atoms with Gasteiger partial charge in [0, 0.05) is 66.0 Å². The van der Waals surface area contributed by atoms with Crippen molar-refractivity contribution in [2.45, 2.75) is 42.9 Å². The van der Waals surface area contributed by atoms with Crippen LogP contribution in [-0.2, 0) is 20.1 Å². The second-order valence-corrected chi connectivity index (χ2v) is 13.2. The van der Waals surface area contributed by atoms with Crippen molar-refractivity contribution in [3.8, 4) is 34.8 Å². The fourth-order valence-electron chi connectivity index (χ4n) is 4.95. The SMILES string of the molecule is C#CCCCCNS(=O)(=O)c1ccc(-c2c3ccc(=[N+](C)C)cc-3oc3cc(N(CC)CC)ccc23)c(S(=O)(=O)[O-])c1. The third-order valence-corrected chi connectivity index (χ3v) is 9.51. The third kappa shape index (κ3) is 6.52. The minimum Gasteiger partial charge on any atom is -0.744 e. The summed E-state index contributed by atoms with van der Waals surface area (Å²) in [4.78, 5) is 1.21. The molecule has 0 aromatic heterocycles. The third-order valence-electron chi connectivity index (χ3n) is 7.18.